The van der Waals surface area contributed by atoms with Gasteiger partial charge < -0.3 is 18.9 Å². The van der Waals surface area contributed by atoms with Crippen molar-refractivity contribution in [3.8, 4) is 11.5 Å². The Kier molecular flexibility index (Phi) is 5.92. The number of aromatic amines is 1. The summed E-state index contributed by atoms with van der Waals surface area (Å²) in [6.07, 6.45) is 1.64. The molecule has 3 aromatic heterocycles. The van der Waals surface area contributed by atoms with Gasteiger partial charge in [0.1, 0.15) is 19.0 Å². The summed E-state index contributed by atoms with van der Waals surface area (Å²) in [5.74, 6) is 2.80. The van der Waals surface area contributed by atoms with Crippen molar-refractivity contribution < 1.29 is 13.9 Å². The highest BCUT2D eigenvalue weighted by Gasteiger charge is 2.18. The van der Waals surface area contributed by atoms with E-state index >= 15 is 0 Å². The third-order valence-corrected chi connectivity index (χ3v) is 6.08. The summed E-state index contributed by atoms with van der Waals surface area (Å²) < 4.78 is 18.7. The van der Waals surface area contributed by atoms with Crippen LogP contribution in [-0.4, -0.2) is 43.3 Å². The Morgan fingerprint density at radius 1 is 0.944 bits per heavy atom. The molecule has 10 nitrogen and oxygen atoms in total. The number of pyridine rings is 1. The minimum Gasteiger partial charge on any atom is -0.486 e. The van der Waals surface area contributed by atoms with Crippen molar-refractivity contribution in [3.63, 3.8) is 0 Å². The molecule has 0 fully saturated rings. The number of rotatable bonds is 8. The lowest BCUT2D eigenvalue weighted by Gasteiger charge is -2.21. The Morgan fingerprint density at radius 3 is 2.58 bits per heavy atom. The molecule has 0 atom stereocenters. The van der Waals surface area contributed by atoms with E-state index in [0.29, 0.717) is 67.8 Å². The minimum atomic E-state index is -0.160. The van der Waals surface area contributed by atoms with Gasteiger partial charge in [-0.05, 0) is 40.3 Å². The Bertz CT molecular complexity index is 1530. The highest BCUT2D eigenvalue weighted by molar-refractivity contribution is 5.83. The Morgan fingerprint density at radius 2 is 1.78 bits per heavy atom. The van der Waals surface area contributed by atoms with Crippen LogP contribution in [-0.2, 0) is 26.2 Å². The van der Waals surface area contributed by atoms with Crippen LogP contribution >= 0.6 is 0 Å². The van der Waals surface area contributed by atoms with Gasteiger partial charge in [0.05, 0.1) is 31.4 Å². The average Bonchev–Trinajstić information content (AvgIpc) is 3.56. The average molecular weight is 485 g/mol. The zero-order chi connectivity index (χ0) is 24.3. The third-order valence-electron chi connectivity index (χ3n) is 6.08. The van der Waals surface area contributed by atoms with Gasteiger partial charge in [-0.25, -0.2) is 4.68 Å². The molecule has 6 rings (SSSR count). The zero-order valence-corrected chi connectivity index (χ0v) is 19.5. The summed E-state index contributed by atoms with van der Waals surface area (Å²) in [7, 11) is 0. The van der Waals surface area contributed by atoms with Crippen LogP contribution in [0.1, 0.15) is 22.7 Å². The molecule has 1 N–H and O–H groups in total. The lowest BCUT2D eigenvalue weighted by molar-refractivity contribution is 0.172. The van der Waals surface area contributed by atoms with Gasteiger partial charge in [0.2, 0.25) is 0 Å². The van der Waals surface area contributed by atoms with Crippen molar-refractivity contribution in [2.45, 2.75) is 26.2 Å². The lowest BCUT2D eigenvalue weighted by Crippen LogP contribution is -2.28. The van der Waals surface area contributed by atoms with Gasteiger partial charge in [0.25, 0.3) is 5.56 Å². The number of nitrogens with one attached hydrogen (secondary N) is 1. The maximum Gasteiger partial charge on any atom is 0.252 e. The Hall–Kier alpha value is -4.44. The second-order valence-corrected chi connectivity index (χ2v) is 8.67. The van der Waals surface area contributed by atoms with Crippen LogP contribution in [0.4, 0.5) is 0 Å². The van der Waals surface area contributed by atoms with Crippen molar-refractivity contribution in [3.05, 3.63) is 100.0 Å². The molecule has 10 heteroatoms. The molecule has 0 saturated heterocycles. The topological polar surface area (TPSA) is 111 Å². The molecule has 1 aliphatic heterocycles. The largest absolute Gasteiger partial charge is 0.486 e. The molecule has 2 aromatic carbocycles. The number of nitrogens with zero attached hydrogens (tertiary/aromatic N) is 5. The fourth-order valence-corrected chi connectivity index (χ4v) is 4.35. The van der Waals surface area contributed by atoms with E-state index in [4.69, 9.17) is 13.9 Å². The van der Waals surface area contributed by atoms with Gasteiger partial charge in [-0.1, -0.05) is 30.3 Å². The van der Waals surface area contributed by atoms with E-state index in [1.807, 2.05) is 60.7 Å². The van der Waals surface area contributed by atoms with Crippen LogP contribution in [0.25, 0.3) is 10.9 Å². The van der Waals surface area contributed by atoms with E-state index in [2.05, 4.69) is 25.4 Å². The molecule has 5 aromatic rings. The quantitative estimate of drug-likeness (QED) is 0.358. The second kappa shape index (κ2) is 9.67. The van der Waals surface area contributed by atoms with Crippen LogP contribution in [0.5, 0.6) is 11.5 Å². The summed E-state index contributed by atoms with van der Waals surface area (Å²) in [6.45, 7) is 2.85. The van der Waals surface area contributed by atoms with Gasteiger partial charge in [-0.2, -0.15) is 0 Å². The molecule has 4 heterocycles. The number of aromatic nitrogens is 5. The first-order chi connectivity index (χ1) is 17.7. The monoisotopic (exact) mass is 484 g/mol. The molecule has 0 spiro atoms. The van der Waals surface area contributed by atoms with Crippen LogP contribution in [0.15, 0.2) is 76.1 Å². The molecule has 0 amide bonds. The molecule has 36 heavy (non-hydrogen) atoms. The first-order valence-electron chi connectivity index (χ1n) is 11.7. The SMILES string of the molecule is O=c1[nH]c2cc3c(cc2cc1CN(Cc1ccco1)Cc1nnnn1Cc1ccccc1)OCCO3. The summed E-state index contributed by atoms with van der Waals surface area (Å²) in [6, 6.07) is 19.4. The zero-order valence-electron chi connectivity index (χ0n) is 19.5. The van der Waals surface area contributed by atoms with Crippen LogP contribution in [0.2, 0.25) is 0 Å². The third kappa shape index (κ3) is 4.71. The number of hydrogen-bond acceptors (Lipinski definition) is 8. The maximum atomic E-state index is 13.0. The normalized spacial score (nSPS) is 12.9. The Labute approximate surface area is 206 Å². The molecule has 0 bridgehead atoms. The smallest absolute Gasteiger partial charge is 0.252 e. The van der Waals surface area contributed by atoms with E-state index in [1.54, 1.807) is 10.9 Å². The molecule has 0 radical (unpaired) electrons. The highest BCUT2D eigenvalue weighted by atomic mass is 16.6. The number of tetrazole rings is 1. The lowest BCUT2D eigenvalue weighted by atomic mass is 10.1. The van der Waals surface area contributed by atoms with Crippen LogP contribution in [0.3, 0.4) is 0 Å². The highest BCUT2D eigenvalue weighted by Crippen LogP contribution is 2.33. The molecular formula is C26H24N6O4. The first kappa shape index (κ1) is 22.1. The predicted octanol–water partition coefficient (Wildman–Crippen LogP) is 3.13. The van der Waals surface area contributed by atoms with Crippen LogP contribution in [0, 0.1) is 0 Å². The van der Waals surface area contributed by atoms with Crippen molar-refractivity contribution in [2.24, 2.45) is 0 Å². The number of H-pyrrole nitrogens is 1. The number of furan rings is 1. The molecule has 182 valence electrons. The fourth-order valence-electron chi connectivity index (χ4n) is 4.35. The molecular weight excluding hydrogens is 460 g/mol. The van der Waals surface area contributed by atoms with Crippen molar-refractivity contribution in [2.75, 3.05) is 13.2 Å². The maximum absolute atomic E-state index is 13.0. The predicted molar refractivity (Wildman–Crippen MR) is 131 cm³/mol. The number of ether oxygens (including phenoxy) is 2. The summed E-state index contributed by atoms with van der Waals surface area (Å²) in [5, 5.41) is 13.2. The van der Waals surface area contributed by atoms with Gasteiger partial charge in [0.15, 0.2) is 17.3 Å². The first-order valence-corrected chi connectivity index (χ1v) is 11.7. The summed E-state index contributed by atoms with van der Waals surface area (Å²) in [4.78, 5) is 18.1. The molecule has 1 aliphatic rings. The van der Waals surface area contributed by atoms with E-state index in [0.717, 1.165) is 16.7 Å². The van der Waals surface area contributed by atoms with E-state index in [1.165, 1.54) is 0 Å². The molecule has 0 saturated carbocycles. The molecule has 0 aliphatic carbocycles. The van der Waals surface area contributed by atoms with Gasteiger partial charge in [0, 0.05) is 23.6 Å². The number of hydrogen-bond donors (Lipinski definition) is 1. The fraction of sp³-hybridized carbons (Fsp3) is 0.231. The standard InChI is InChI=1S/C26H24N6O4/c33-26-20(11-19-12-23-24(13-22(19)27-26)36-10-9-35-23)15-31(16-21-7-4-8-34-21)17-25-28-29-30-32(25)14-18-5-2-1-3-6-18/h1-8,11-13H,9-10,14-17H2,(H,27,33). The van der Waals surface area contributed by atoms with E-state index in [-0.39, 0.29) is 5.56 Å². The summed E-state index contributed by atoms with van der Waals surface area (Å²) in [5.41, 5.74) is 2.27. The number of benzene rings is 2. The van der Waals surface area contributed by atoms with Crippen molar-refractivity contribution in [1.82, 2.24) is 30.1 Å². The van der Waals surface area contributed by atoms with Crippen molar-refractivity contribution >= 4 is 10.9 Å². The van der Waals surface area contributed by atoms with Crippen molar-refractivity contribution in [1.29, 1.82) is 0 Å². The van der Waals surface area contributed by atoms with Crippen LogP contribution < -0.4 is 15.0 Å². The number of fused-ring (bicyclic) bond motifs is 2. The molecule has 0 unspecified atom stereocenters. The van der Waals surface area contributed by atoms with Gasteiger partial charge in [-0.3, -0.25) is 9.69 Å². The van der Waals surface area contributed by atoms with E-state index < -0.39 is 0 Å². The summed E-state index contributed by atoms with van der Waals surface area (Å²) >= 11 is 0. The Balaban J connectivity index is 1.29. The minimum absolute atomic E-state index is 0.160. The second-order valence-electron chi connectivity index (χ2n) is 8.67. The van der Waals surface area contributed by atoms with E-state index in [9.17, 15) is 4.79 Å². The van der Waals surface area contributed by atoms with Gasteiger partial charge in [-0.15, -0.1) is 5.10 Å². The van der Waals surface area contributed by atoms with Gasteiger partial charge >= 0.3 is 0 Å².